The molecule has 138 valence electrons. The molecular weight excluding hydrogens is 346 g/mol. The number of aryl methyl sites for hydroxylation is 1. The number of amides is 1. The van der Waals surface area contributed by atoms with Gasteiger partial charge in [0.25, 0.3) is 5.56 Å². The molecule has 0 saturated carbocycles. The largest absolute Gasteiger partial charge is 0.497 e. The number of hydrogen-bond acceptors (Lipinski definition) is 5. The summed E-state index contributed by atoms with van der Waals surface area (Å²) in [5.74, 6) is 1.03. The van der Waals surface area contributed by atoms with Crippen molar-refractivity contribution in [2.24, 2.45) is 0 Å². The van der Waals surface area contributed by atoms with Crippen LogP contribution in [-0.2, 0) is 4.79 Å². The average Bonchev–Trinajstić information content (AvgIpc) is 2.67. The van der Waals surface area contributed by atoms with Crippen molar-refractivity contribution >= 4 is 17.4 Å². The number of carbonyl (C=O) groups is 1. The molecular formula is C20H19N3O4. The highest BCUT2D eigenvalue weighted by atomic mass is 16.5. The Morgan fingerprint density at radius 1 is 1.19 bits per heavy atom. The van der Waals surface area contributed by atoms with Gasteiger partial charge in [0, 0.05) is 24.1 Å². The van der Waals surface area contributed by atoms with E-state index in [-0.39, 0.29) is 17.9 Å². The van der Waals surface area contributed by atoms with Gasteiger partial charge in [-0.05, 0) is 36.8 Å². The standard InChI is InChI=1S/C20H19N3O4/c1-11-5-4-8-23-18(11)22-20(25)17-14(10-16(24)21-19(17)23)13-9-12(26-2)6-7-15(13)27-3/h4-9,14H,10H2,1-3H3,(H,21,24). The fourth-order valence-electron chi connectivity index (χ4n) is 3.61. The topological polar surface area (TPSA) is 81.9 Å². The van der Waals surface area contributed by atoms with E-state index in [1.165, 1.54) is 0 Å². The van der Waals surface area contributed by atoms with Crippen molar-refractivity contribution in [2.45, 2.75) is 19.3 Å². The molecule has 1 unspecified atom stereocenters. The van der Waals surface area contributed by atoms with E-state index in [1.54, 1.807) is 43.0 Å². The number of nitrogens with one attached hydrogen (secondary N) is 1. The highest BCUT2D eigenvalue weighted by Crippen LogP contribution is 2.40. The number of fused-ring (bicyclic) bond motifs is 3. The summed E-state index contributed by atoms with van der Waals surface area (Å²) in [7, 11) is 3.13. The molecule has 0 saturated heterocycles. The zero-order valence-electron chi connectivity index (χ0n) is 15.3. The molecule has 1 atom stereocenters. The van der Waals surface area contributed by atoms with Crippen molar-refractivity contribution in [3.63, 3.8) is 0 Å². The van der Waals surface area contributed by atoms with Gasteiger partial charge >= 0.3 is 0 Å². The molecule has 0 radical (unpaired) electrons. The van der Waals surface area contributed by atoms with Crippen molar-refractivity contribution in [3.8, 4) is 11.5 Å². The Hall–Kier alpha value is -3.35. The molecule has 3 heterocycles. The second-order valence-corrected chi connectivity index (χ2v) is 6.48. The minimum Gasteiger partial charge on any atom is -0.497 e. The third-order valence-corrected chi connectivity index (χ3v) is 4.90. The Morgan fingerprint density at radius 2 is 2.00 bits per heavy atom. The monoisotopic (exact) mass is 365 g/mol. The van der Waals surface area contributed by atoms with Gasteiger partial charge in [0.15, 0.2) is 0 Å². The summed E-state index contributed by atoms with van der Waals surface area (Å²) in [6.07, 6.45) is 1.92. The van der Waals surface area contributed by atoms with Crippen molar-refractivity contribution in [1.29, 1.82) is 0 Å². The third kappa shape index (κ3) is 2.71. The van der Waals surface area contributed by atoms with Crippen molar-refractivity contribution in [1.82, 2.24) is 9.38 Å². The zero-order chi connectivity index (χ0) is 19.1. The summed E-state index contributed by atoms with van der Waals surface area (Å²) >= 11 is 0. The van der Waals surface area contributed by atoms with Crippen LogP contribution in [-0.4, -0.2) is 29.5 Å². The van der Waals surface area contributed by atoms with E-state index in [0.29, 0.717) is 28.5 Å². The molecule has 1 amide bonds. The lowest BCUT2D eigenvalue weighted by atomic mass is 9.86. The average molecular weight is 365 g/mol. The number of ether oxygens (including phenoxy) is 2. The number of nitrogens with zero attached hydrogens (tertiary/aromatic N) is 2. The molecule has 27 heavy (non-hydrogen) atoms. The van der Waals surface area contributed by atoms with Gasteiger partial charge in [-0.3, -0.25) is 14.0 Å². The lowest BCUT2D eigenvalue weighted by Gasteiger charge is -2.27. The molecule has 0 spiro atoms. The minimum absolute atomic E-state index is 0.130. The maximum absolute atomic E-state index is 12.9. The van der Waals surface area contributed by atoms with Crippen molar-refractivity contribution in [2.75, 3.05) is 19.5 Å². The van der Waals surface area contributed by atoms with Gasteiger partial charge in [0.1, 0.15) is 23.0 Å². The van der Waals surface area contributed by atoms with E-state index in [0.717, 1.165) is 11.1 Å². The van der Waals surface area contributed by atoms with Crippen LogP contribution in [0.1, 0.15) is 29.0 Å². The smallest absolute Gasteiger partial charge is 0.279 e. The van der Waals surface area contributed by atoms with Crippen LogP contribution in [0.15, 0.2) is 41.3 Å². The second kappa shape index (κ2) is 6.42. The number of pyridine rings is 1. The summed E-state index contributed by atoms with van der Waals surface area (Å²) in [5, 5.41) is 2.85. The van der Waals surface area contributed by atoms with Gasteiger partial charge in [-0.15, -0.1) is 0 Å². The van der Waals surface area contributed by atoms with Gasteiger partial charge < -0.3 is 14.8 Å². The van der Waals surface area contributed by atoms with Gasteiger partial charge in [-0.1, -0.05) is 6.07 Å². The molecule has 7 nitrogen and oxygen atoms in total. The van der Waals surface area contributed by atoms with E-state index in [4.69, 9.17) is 9.47 Å². The normalized spacial score (nSPS) is 16.0. The van der Waals surface area contributed by atoms with E-state index >= 15 is 0 Å². The first kappa shape index (κ1) is 17.1. The van der Waals surface area contributed by atoms with E-state index < -0.39 is 5.92 Å². The predicted octanol–water partition coefficient (Wildman–Crippen LogP) is 2.49. The SMILES string of the molecule is COc1ccc(OC)c(C2CC(=O)Nc3c2c(=O)nc2c(C)cccn32)c1. The van der Waals surface area contributed by atoms with E-state index in [9.17, 15) is 9.59 Å². The van der Waals surface area contributed by atoms with Crippen LogP contribution in [0.3, 0.4) is 0 Å². The lowest BCUT2D eigenvalue weighted by Crippen LogP contribution is -2.32. The lowest BCUT2D eigenvalue weighted by molar-refractivity contribution is -0.116. The van der Waals surface area contributed by atoms with Gasteiger partial charge in [0.2, 0.25) is 5.91 Å². The van der Waals surface area contributed by atoms with E-state index in [2.05, 4.69) is 10.3 Å². The predicted molar refractivity (Wildman–Crippen MR) is 101 cm³/mol. The number of aromatic nitrogens is 2. The Labute approximate surface area is 155 Å². The summed E-state index contributed by atoms with van der Waals surface area (Å²) < 4.78 is 12.6. The maximum Gasteiger partial charge on any atom is 0.279 e. The fraction of sp³-hybridized carbons (Fsp3) is 0.250. The van der Waals surface area contributed by atoms with Crippen LogP contribution in [0.5, 0.6) is 11.5 Å². The first-order chi connectivity index (χ1) is 13.0. The number of hydrogen-bond donors (Lipinski definition) is 1. The van der Waals surface area contributed by atoms with Crippen LogP contribution in [0.2, 0.25) is 0 Å². The van der Waals surface area contributed by atoms with Crippen LogP contribution in [0.25, 0.3) is 5.65 Å². The molecule has 1 aromatic carbocycles. The molecule has 1 N–H and O–H groups in total. The highest BCUT2D eigenvalue weighted by molar-refractivity contribution is 5.95. The summed E-state index contributed by atoms with van der Waals surface area (Å²) in [6.45, 7) is 1.88. The Bertz CT molecular complexity index is 1120. The van der Waals surface area contributed by atoms with Gasteiger partial charge in [0.05, 0.1) is 19.8 Å². The van der Waals surface area contributed by atoms with E-state index in [1.807, 2.05) is 19.1 Å². The van der Waals surface area contributed by atoms with Crippen molar-refractivity contribution in [3.05, 3.63) is 63.6 Å². The van der Waals surface area contributed by atoms with Crippen LogP contribution >= 0.6 is 0 Å². The molecule has 4 rings (SSSR count). The summed E-state index contributed by atoms with van der Waals surface area (Å²) in [6, 6.07) is 9.09. The quantitative estimate of drug-likeness (QED) is 0.771. The van der Waals surface area contributed by atoms with Gasteiger partial charge in [-0.25, -0.2) is 0 Å². The van der Waals surface area contributed by atoms with Crippen LogP contribution in [0.4, 0.5) is 5.82 Å². The molecule has 0 aliphatic carbocycles. The maximum atomic E-state index is 12.9. The Kier molecular flexibility index (Phi) is 4.07. The fourth-order valence-corrected chi connectivity index (χ4v) is 3.61. The first-order valence-electron chi connectivity index (χ1n) is 8.57. The minimum atomic E-state index is -0.476. The number of methoxy groups -OCH3 is 2. The number of anilines is 1. The zero-order valence-corrected chi connectivity index (χ0v) is 15.3. The molecule has 1 aliphatic heterocycles. The molecule has 0 fully saturated rings. The number of benzene rings is 1. The highest BCUT2D eigenvalue weighted by Gasteiger charge is 2.33. The second-order valence-electron chi connectivity index (χ2n) is 6.48. The van der Waals surface area contributed by atoms with Crippen LogP contribution in [0, 0.1) is 6.92 Å². The van der Waals surface area contributed by atoms with Crippen LogP contribution < -0.4 is 20.3 Å². The number of carbonyl (C=O) groups excluding carboxylic acids is 1. The third-order valence-electron chi connectivity index (χ3n) is 4.90. The Morgan fingerprint density at radius 3 is 2.74 bits per heavy atom. The molecule has 0 bridgehead atoms. The number of rotatable bonds is 3. The summed E-state index contributed by atoms with van der Waals surface area (Å²) in [4.78, 5) is 29.7. The molecule has 2 aromatic heterocycles. The molecule has 1 aliphatic rings. The first-order valence-corrected chi connectivity index (χ1v) is 8.57. The Balaban J connectivity index is 2.03. The summed E-state index contributed by atoms with van der Waals surface area (Å²) in [5.41, 5.74) is 2.20. The van der Waals surface area contributed by atoms with Gasteiger partial charge in [-0.2, -0.15) is 4.98 Å². The molecule has 3 aromatic rings. The molecule has 7 heteroatoms. The van der Waals surface area contributed by atoms with Crippen molar-refractivity contribution < 1.29 is 14.3 Å².